The summed E-state index contributed by atoms with van der Waals surface area (Å²) in [6.45, 7) is 2.11. The summed E-state index contributed by atoms with van der Waals surface area (Å²) in [4.78, 5) is 21.8. The summed E-state index contributed by atoms with van der Waals surface area (Å²) in [5.74, 6) is -1.18. The number of hydrogen-bond donors (Lipinski definition) is 1. The molecule has 86 valence electrons. The quantitative estimate of drug-likeness (QED) is 0.542. The maximum atomic E-state index is 11.3. The van der Waals surface area contributed by atoms with Crippen LogP contribution in [-0.2, 0) is 14.3 Å². The lowest BCUT2D eigenvalue weighted by molar-refractivity contribution is -0.147. The molecule has 0 aliphatic carbocycles. The van der Waals surface area contributed by atoms with E-state index in [-0.39, 0.29) is 18.3 Å². The first-order valence-corrected chi connectivity index (χ1v) is 5.55. The minimum atomic E-state index is -0.901. The highest BCUT2D eigenvalue weighted by molar-refractivity contribution is 5.76. The topological polar surface area (TPSA) is 63.6 Å². The van der Waals surface area contributed by atoms with Crippen molar-refractivity contribution in [3.8, 4) is 0 Å². The first-order chi connectivity index (χ1) is 7.13. The summed E-state index contributed by atoms with van der Waals surface area (Å²) < 4.78 is 5.00. The SMILES string of the molecule is CCCCCC1CC(CC(=O)O)OC1=O. The van der Waals surface area contributed by atoms with Crippen LogP contribution in [-0.4, -0.2) is 23.1 Å². The third-order valence-corrected chi connectivity index (χ3v) is 2.72. The number of unbranched alkanes of at least 4 members (excludes halogenated alkanes) is 2. The van der Waals surface area contributed by atoms with Crippen molar-refractivity contribution in [1.82, 2.24) is 0 Å². The molecule has 0 amide bonds. The lowest BCUT2D eigenvalue weighted by atomic mass is 9.97. The molecule has 0 saturated carbocycles. The molecule has 1 heterocycles. The van der Waals surface area contributed by atoms with Gasteiger partial charge in [-0.2, -0.15) is 0 Å². The summed E-state index contributed by atoms with van der Waals surface area (Å²) in [5.41, 5.74) is 0. The zero-order valence-electron chi connectivity index (χ0n) is 9.07. The zero-order valence-corrected chi connectivity index (χ0v) is 9.07. The highest BCUT2D eigenvalue weighted by Crippen LogP contribution is 2.27. The number of rotatable bonds is 6. The van der Waals surface area contributed by atoms with Gasteiger partial charge in [-0.1, -0.05) is 26.2 Å². The molecule has 1 rings (SSSR count). The fraction of sp³-hybridized carbons (Fsp3) is 0.818. The van der Waals surface area contributed by atoms with E-state index in [0.717, 1.165) is 25.7 Å². The van der Waals surface area contributed by atoms with Crippen LogP contribution in [0.3, 0.4) is 0 Å². The molecule has 2 unspecified atom stereocenters. The van der Waals surface area contributed by atoms with Crippen molar-refractivity contribution in [3.05, 3.63) is 0 Å². The molecule has 1 saturated heterocycles. The highest BCUT2D eigenvalue weighted by Gasteiger charge is 2.34. The van der Waals surface area contributed by atoms with Crippen LogP contribution < -0.4 is 0 Å². The summed E-state index contributed by atoms with van der Waals surface area (Å²) in [6, 6.07) is 0. The number of aliphatic carboxylic acids is 1. The Morgan fingerprint density at radius 3 is 2.87 bits per heavy atom. The molecular weight excluding hydrogens is 196 g/mol. The number of carboxylic acid groups (broad SMARTS) is 1. The lowest BCUT2D eigenvalue weighted by Gasteiger charge is -2.04. The fourth-order valence-electron chi connectivity index (χ4n) is 1.92. The van der Waals surface area contributed by atoms with Crippen molar-refractivity contribution in [2.45, 2.75) is 51.6 Å². The number of carboxylic acids is 1. The van der Waals surface area contributed by atoms with Gasteiger partial charge in [-0.05, 0) is 12.8 Å². The predicted molar refractivity (Wildman–Crippen MR) is 54.4 cm³/mol. The number of esters is 1. The maximum absolute atomic E-state index is 11.3. The van der Waals surface area contributed by atoms with Gasteiger partial charge < -0.3 is 9.84 Å². The van der Waals surface area contributed by atoms with Crippen molar-refractivity contribution in [3.63, 3.8) is 0 Å². The van der Waals surface area contributed by atoms with E-state index in [4.69, 9.17) is 9.84 Å². The molecule has 1 aliphatic rings. The second kappa shape index (κ2) is 5.73. The molecule has 1 N–H and O–H groups in total. The smallest absolute Gasteiger partial charge is 0.309 e. The van der Waals surface area contributed by atoms with Crippen LogP contribution in [0.15, 0.2) is 0 Å². The third-order valence-electron chi connectivity index (χ3n) is 2.72. The summed E-state index contributed by atoms with van der Waals surface area (Å²) in [7, 11) is 0. The van der Waals surface area contributed by atoms with Crippen LogP contribution in [0.1, 0.15) is 45.4 Å². The van der Waals surface area contributed by atoms with E-state index in [1.54, 1.807) is 0 Å². The van der Waals surface area contributed by atoms with Gasteiger partial charge in [0.15, 0.2) is 0 Å². The summed E-state index contributed by atoms with van der Waals surface area (Å²) >= 11 is 0. The van der Waals surface area contributed by atoms with E-state index in [1.165, 1.54) is 0 Å². The molecular formula is C11H18O4. The van der Waals surface area contributed by atoms with Crippen molar-refractivity contribution in [1.29, 1.82) is 0 Å². The van der Waals surface area contributed by atoms with Crippen molar-refractivity contribution < 1.29 is 19.4 Å². The summed E-state index contributed by atoms with van der Waals surface area (Å²) in [5, 5.41) is 8.57. The van der Waals surface area contributed by atoms with Gasteiger partial charge in [-0.15, -0.1) is 0 Å². The van der Waals surface area contributed by atoms with E-state index in [0.29, 0.717) is 6.42 Å². The van der Waals surface area contributed by atoms with Gasteiger partial charge in [0.05, 0.1) is 12.3 Å². The average molecular weight is 214 g/mol. The molecule has 0 aromatic carbocycles. The number of carbonyl (C=O) groups is 2. The second-order valence-electron chi connectivity index (χ2n) is 4.09. The Kier molecular flexibility index (Phi) is 4.59. The van der Waals surface area contributed by atoms with E-state index in [1.807, 2.05) is 0 Å². The van der Waals surface area contributed by atoms with Gasteiger partial charge in [0.2, 0.25) is 0 Å². The van der Waals surface area contributed by atoms with Gasteiger partial charge in [-0.25, -0.2) is 0 Å². The molecule has 1 fully saturated rings. The van der Waals surface area contributed by atoms with Crippen LogP contribution in [0.25, 0.3) is 0 Å². The van der Waals surface area contributed by atoms with Gasteiger partial charge in [0.25, 0.3) is 0 Å². The molecule has 15 heavy (non-hydrogen) atoms. The Hall–Kier alpha value is -1.06. The molecule has 4 nitrogen and oxygen atoms in total. The Bertz CT molecular complexity index is 237. The second-order valence-corrected chi connectivity index (χ2v) is 4.09. The molecule has 4 heteroatoms. The minimum absolute atomic E-state index is 0.0595. The van der Waals surface area contributed by atoms with Gasteiger partial charge >= 0.3 is 11.9 Å². The van der Waals surface area contributed by atoms with Gasteiger partial charge in [0.1, 0.15) is 6.10 Å². The largest absolute Gasteiger partial charge is 0.481 e. The standard InChI is InChI=1S/C11H18O4/c1-2-3-4-5-8-6-9(7-10(12)13)15-11(8)14/h8-9H,2-7H2,1H3,(H,12,13). The number of cyclic esters (lactones) is 1. The number of hydrogen-bond acceptors (Lipinski definition) is 3. The first-order valence-electron chi connectivity index (χ1n) is 5.55. The van der Waals surface area contributed by atoms with Gasteiger partial charge in [0, 0.05) is 0 Å². The van der Waals surface area contributed by atoms with Gasteiger partial charge in [-0.3, -0.25) is 9.59 Å². The van der Waals surface area contributed by atoms with Crippen molar-refractivity contribution in [2.75, 3.05) is 0 Å². The van der Waals surface area contributed by atoms with E-state index in [9.17, 15) is 9.59 Å². The van der Waals surface area contributed by atoms with E-state index >= 15 is 0 Å². The molecule has 2 atom stereocenters. The van der Waals surface area contributed by atoms with Crippen LogP contribution in [0, 0.1) is 5.92 Å². The lowest BCUT2D eigenvalue weighted by Crippen LogP contribution is -2.12. The Morgan fingerprint density at radius 1 is 1.53 bits per heavy atom. The van der Waals surface area contributed by atoms with Crippen LogP contribution in [0.5, 0.6) is 0 Å². The molecule has 1 aliphatic heterocycles. The minimum Gasteiger partial charge on any atom is -0.481 e. The van der Waals surface area contributed by atoms with E-state index < -0.39 is 12.1 Å². The fourth-order valence-corrected chi connectivity index (χ4v) is 1.92. The van der Waals surface area contributed by atoms with Crippen molar-refractivity contribution in [2.24, 2.45) is 5.92 Å². The number of carbonyl (C=O) groups excluding carboxylic acids is 1. The molecule has 0 radical (unpaired) electrons. The van der Waals surface area contributed by atoms with Crippen molar-refractivity contribution >= 4 is 11.9 Å². The monoisotopic (exact) mass is 214 g/mol. The highest BCUT2D eigenvalue weighted by atomic mass is 16.6. The van der Waals surface area contributed by atoms with Crippen LogP contribution in [0.4, 0.5) is 0 Å². The first kappa shape index (κ1) is 12.0. The van der Waals surface area contributed by atoms with Crippen LogP contribution >= 0.6 is 0 Å². The molecule has 0 spiro atoms. The maximum Gasteiger partial charge on any atom is 0.309 e. The molecule has 0 bridgehead atoms. The summed E-state index contributed by atoms with van der Waals surface area (Å²) in [6.07, 6.45) is 4.22. The Labute approximate surface area is 89.6 Å². The normalized spacial score (nSPS) is 25.3. The van der Waals surface area contributed by atoms with E-state index in [2.05, 4.69) is 6.92 Å². The zero-order chi connectivity index (χ0) is 11.3. The Balaban J connectivity index is 2.29. The molecule has 0 aromatic rings. The number of ether oxygens (including phenoxy) is 1. The van der Waals surface area contributed by atoms with Crippen LogP contribution in [0.2, 0.25) is 0 Å². The third kappa shape index (κ3) is 3.90. The Morgan fingerprint density at radius 2 is 2.27 bits per heavy atom. The molecule has 0 aromatic heterocycles. The predicted octanol–water partition coefficient (Wildman–Crippen LogP) is 1.97. The average Bonchev–Trinajstić information content (AvgIpc) is 2.46.